The molecule has 2 heterocycles. The second kappa shape index (κ2) is 6.70. The molecule has 20 heavy (non-hydrogen) atoms. The molecule has 0 aromatic rings. The Bertz CT molecular complexity index is 359. The molecule has 2 aliphatic rings. The summed E-state index contributed by atoms with van der Waals surface area (Å²) in [5, 5.41) is 0. The molecule has 2 saturated heterocycles. The molecule has 0 saturated carbocycles. The van der Waals surface area contributed by atoms with Gasteiger partial charge >= 0.3 is 0 Å². The van der Waals surface area contributed by atoms with E-state index in [1.165, 1.54) is 6.42 Å². The molecular formula is C16H28N2O2. The maximum Gasteiger partial charge on any atom is 0.224 e. The largest absolute Gasteiger partial charge is 0.343 e. The van der Waals surface area contributed by atoms with Crippen molar-refractivity contribution in [2.24, 2.45) is 5.92 Å². The van der Waals surface area contributed by atoms with Gasteiger partial charge in [0.05, 0.1) is 0 Å². The van der Waals surface area contributed by atoms with E-state index in [2.05, 4.69) is 18.7 Å². The topological polar surface area (TPSA) is 40.6 Å². The summed E-state index contributed by atoms with van der Waals surface area (Å²) in [5.74, 6) is 0.737. The third kappa shape index (κ3) is 3.60. The van der Waals surface area contributed by atoms with Gasteiger partial charge in [0.25, 0.3) is 0 Å². The minimum atomic E-state index is 0.178. The highest BCUT2D eigenvalue weighted by Crippen LogP contribution is 2.25. The van der Waals surface area contributed by atoms with Crippen LogP contribution in [-0.2, 0) is 9.59 Å². The van der Waals surface area contributed by atoms with Crippen LogP contribution in [0.3, 0.4) is 0 Å². The molecular weight excluding hydrogens is 252 g/mol. The van der Waals surface area contributed by atoms with Crippen LogP contribution >= 0.6 is 0 Å². The summed E-state index contributed by atoms with van der Waals surface area (Å²) in [6.07, 6.45) is 4.71. The lowest BCUT2D eigenvalue weighted by Gasteiger charge is -2.33. The molecule has 0 N–H and O–H groups in total. The molecule has 4 nitrogen and oxygen atoms in total. The van der Waals surface area contributed by atoms with E-state index in [-0.39, 0.29) is 17.6 Å². The lowest BCUT2D eigenvalue weighted by molar-refractivity contribution is -0.135. The van der Waals surface area contributed by atoms with E-state index in [0.717, 1.165) is 38.9 Å². The van der Waals surface area contributed by atoms with Gasteiger partial charge in [-0.05, 0) is 53.0 Å². The van der Waals surface area contributed by atoms with E-state index in [1.807, 2.05) is 4.90 Å². The van der Waals surface area contributed by atoms with Gasteiger partial charge in [0, 0.05) is 37.5 Å². The normalized spacial score (nSPS) is 25.4. The molecule has 2 rings (SSSR count). The first kappa shape index (κ1) is 15.5. The predicted molar refractivity (Wildman–Crippen MR) is 79.5 cm³/mol. The number of nitrogens with zero attached hydrogens (tertiary/aromatic N) is 2. The number of carbonyl (C=O) groups is 2. The number of carbonyl (C=O) groups excluding carboxylic acids is 2. The Hall–Kier alpha value is -0.900. The van der Waals surface area contributed by atoms with Crippen molar-refractivity contribution in [3.05, 3.63) is 0 Å². The van der Waals surface area contributed by atoms with Crippen LogP contribution in [0.4, 0.5) is 0 Å². The van der Waals surface area contributed by atoms with Gasteiger partial charge in [-0.2, -0.15) is 0 Å². The number of likely N-dealkylation sites (tertiary alicyclic amines) is 2. The van der Waals surface area contributed by atoms with Crippen LogP contribution in [0, 0.1) is 5.92 Å². The summed E-state index contributed by atoms with van der Waals surface area (Å²) in [6, 6.07) is 0.951. The van der Waals surface area contributed by atoms with Gasteiger partial charge in [-0.15, -0.1) is 0 Å². The molecule has 4 heteroatoms. The van der Waals surface area contributed by atoms with Gasteiger partial charge in [0.15, 0.2) is 0 Å². The summed E-state index contributed by atoms with van der Waals surface area (Å²) in [5.41, 5.74) is 0. The van der Waals surface area contributed by atoms with Crippen LogP contribution in [0.25, 0.3) is 0 Å². The van der Waals surface area contributed by atoms with Crippen LogP contribution in [0.5, 0.6) is 0 Å². The molecule has 2 fully saturated rings. The summed E-state index contributed by atoms with van der Waals surface area (Å²) >= 11 is 0. The zero-order valence-corrected chi connectivity index (χ0v) is 13.1. The Balaban J connectivity index is 1.82. The Labute approximate surface area is 122 Å². The number of ketones is 1. The number of Topliss-reactive ketones (excluding diaryl/α,β-unsaturated/α-hetero) is 1. The number of rotatable bonds is 4. The average Bonchev–Trinajstić information content (AvgIpc) is 2.87. The Morgan fingerprint density at radius 2 is 1.75 bits per heavy atom. The standard InChI is InChI=1S/C16H28N2O2/c1-12(2)18-8-4-5-15(18)11-16(20)17-9-6-14(7-10-17)13(3)19/h12,14-15H,4-11H2,1-3H3/t15-/m0/s1. The summed E-state index contributed by atoms with van der Waals surface area (Å²) in [7, 11) is 0. The predicted octanol–water partition coefficient (Wildman–Crippen LogP) is 2.08. The van der Waals surface area contributed by atoms with Crippen LogP contribution in [0.2, 0.25) is 0 Å². The quantitative estimate of drug-likeness (QED) is 0.791. The van der Waals surface area contributed by atoms with Crippen molar-refractivity contribution in [3.63, 3.8) is 0 Å². The second-order valence-corrected chi connectivity index (χ2v) is 6.60. The number of hydrogen-bond acceptors (Lipinski definition) is 3. The summed E-state index contributed by atoms with van der Waals surface area (Å²) in [6.45, 7) is 8.74. The van der Waals surface area contributed by atoms with Crippen molar-refractivity contribution >= 4 is 11.7 Å². The fourth-order valence-electron chi connectivity index (χ4n) is 3.62. The molecule has 0 aromatic carbocycles. The zero-order chi connectivity index (χ0) is 14.7. The molecule has 0 aromatic heterocycles. The van der Waals surface area contributed by atoms with E-state index in [1.54, 1.807) is 6.92 Å². The van der Waals surface area contributed by atoms with E-state index in [9.17, 15) is 9.59 Å². The average molecular weight is 280 g/mol. The lowest BCUT2D eigenvalue weighted by atomic mass is 9.93. The highest BCUT2D eigenvalue weighted by Gasteiger charge is 2.31. The monoisotopic (exact) mass is 280 g/mol. The molecule has 1 amide bonds. The molecule has 0 spiro atoms. The minimum Gasteiger partial charge on any atom is -0.343 e. The molecule has 0 aliphatic carbocycles. The van der Waals surface area contributed by atoms with E-state index >= 15 is 0 Å². The second-order valence-electron chi connectivity index (χ2n) is 6.60. The Kier molecular flexibility index (Phi) is 5.19. The van der Waals surface area contributed by atoms with Crippen LogP contribution in [0.15, 0.2) is 0 Å². The summed E-state index contributed by atoms with van der Waals surface area (Å²) in [4.78, 5) is 28.2. The molecule has 0 unspecified atom stereocenters. The van der Waals surface area contributed by atoms with Crippen molar-refractivity contribution in [1.29, 1.82) is 0 Å². The SMILES string of the molecule is CC(=O)C1CCN(C(=O)C[C@@H]2CCCN2C(C)C)CC1. The van der Waals surface area contributed by atoms with Crippen molar-refractivity contribution in [1.82, 2.24) is 9.80 Å². The molecule has 0 bridgehead atoms. The fraction of sp³-hybridized carbons (Fsp3) is 0.875. The van der Waals surface area contributed by atoms with Crippen molar-refractivity contribution in [2.75, 3.05) is 19.6 Å². The summed E-state index contributed by atoms with van der Waals surface area (Å²) < 4.78 is 0. The maximum absolute atomic E-state index is 12.4. The lowest BCUT2D eigenvalue weighted by Crippen LogP contribution is -2.44. The van der Waals surface area contributed by atoms with E-state index in [4.69, 9.17) is 0 Å². The van der Waals surface area contributed by atoms with Crippen LogP contribution < -0.4 is 0 Å². The third-order valence-electron chi connectivity index (χ3n) is 4.92. The smallest absolute Gasteiger partial charge is 0.224 e. The Morgan fingerprint density at radius 3 is 2.30 bits per heavy atom. The molecule has 114 valence electrons. The van der Waals surface area contributed by atoms with Gasteiger partial charge in [0.2, 0.25) is 5.91 Å². The van der Waals surface area contributed by atoms with Crippen molar-refractivity contribution < 1.29 is 9.59 Å². The van der Waals surface area contributed by atoms with Gasteiger partial charge < -0.3 is 4.90 Å². The number of amides is 1. The van der Waals surface area contributed by atoms with Crippen LogP contribution in [0.1, 0.15) is 52.9 Å². The van der Waals surface area contributed by atoms with E-state index in [0.29, 0.717) is 18.5 Å². The minimum absolute atomic E-state index is 0.178. The maximum atomic E-state index is 12.4. The highest BCUT2D eigenvalue weighted by molar-refractivity contribution is 5.80. The fourth-order valence-corrected chi connectivity index (χ4v) is 3.62. The van der Waals surface area contributed by atoms with Gasteiger partial charge in [0.1, 0.15) is 5.78 Å². The van der Waals surface area contributed by atoms with E-state index < -0.39 is 0 Å². The first-order chi connectivity index (χ1) is 9.49. The number of hydrogen-bond donors (Lipinski definition) is 0. The highest BCUT2D eigenvalue weighted by atomic mass is 16.2. The molecule has 0 radical (unpaired) electrons. The van der Waals surface area contributed by atoms with Gasteiger partial charge in [-0.1, -0.05) is 0 Å². The molecule has 2 aliphatic heterocycles. The number of piperidine rings is 1. The third-order valence-corrected chi connectivity index (χ3v) is 4.92. The first-order valence-corrected chi connectivity index (χ1v) is 8.03. The van der Waals surface area contributed by atoms with Gasteiger partial charge in [-0.25, -0.2) is 0 Å². The zero-order valence-electron chi connectivity index (χ0n) is 13.1. The van der Waals surface area contributed by atoms with Crippen molar-refractivity contribution in [2.45, 2.75) is 65.0 Å². The molecule has 1 atom stereocenters. The van der Waals surface area contributed by atoms with Crippen molar-refractivity contribution in [3.8, 4) is 0 Å². The Morgan fingerprint density at radius 1 is 1.10 bits per heavy atom. The first-order valence-electron chi connectivity index (χ1n) is 8.03. The van der Waals surface area contributed by atoms with Crippen LogP contribution in [-0.4, -0.2) is 53.2 Å². The van der Waals surface area contributed by atoms with Gasteiger partial charge in [-0.3, -0.25) is 14.5 Å².